The minimum Gasteiger partial charge on any atom is -0.497 e. The number of fused-ring (bicyclic) bond motifs is 1. The van der Waals surface area contributed by atoms with Crippen LogP contribution in [-0.4, -0.2) is 85.4 Å². The quantitative estimate of drug-likeness (QED) is 0.604. The summed E-state index contributed by atoms with van der Waals surface area (Å²) >= 11 is 0. The molecule has 2 aliphatic heterocycles. The first kappa shape index (κ1) is 22.1. The number of carbonyl (C=O) groups excluding carboxylic acids is 1. The number of likely N-dealkylation sites (tertiary alicyclic amines) is 2. The third-order valence-electron chi connectivity index (χ3n) is 6.97. The van der Waals surface area contributed by atoms with Crippen molar-refractivity contribution in [2.45, 2.75) is 44.7 Å². The molecule has 170 valence electrons. The third-order valence-corrected chi connectivity index (χ3v) is 6.97. The smallest absolute Gasteiger partial charge is 0.279 e. The second-order valence-electron chi connectivity index (χ2n) is 8.77. The lowest BCUT2D eigenvalue weighted by Gasteiger charge is -2.36. The normalized spacial score (nSPS) is 18.7. The van der Waals surface area contributed by atoms with Crippen LogP contribution in [0.2, 0.25) is 0 Å². The van der Waals surface area contributed by atoms with Crippen molar-refractivity contribution in [3.8, 4) is 5.75 Å². The van der Waals surface area contributed by atoms with Gasteiger partial charge in [-0.25, -0.2) is 5.06 Å². The monoisotopic (exact) mass is 428 g/mol. The van der Waals surface area contributed by atoms with Crippen molar-refractivity contribution in [2.75, 3.05) is 54.0 Å². The van der Waals surface area contributed by atoms with Crippen molar-refractivity contribution in [2.24, 2.45) is 0 Å². The van der Waals surface area contributed by atoms with Crippen LogP contribution in [0.4, 0.5) is 0 Å². The molecule has 2 aromatic rings. The molecule has 3 heterocycles. The van der Waals surface area contributed by atoms with E-state index in [9.17, 15) is 4.79 Å². The van der Waals surface area contributed by atoms with Crippen molar-refractivity contribution in [3.63, 3.8) is 0 Å². The number of nitrogens with zero attached hydrogens (tertiary/aromatic N) is 4. The maximum atomic E-state index is 12.8. The number of aromatic nitrogens is 1. The Morgan fingerprint density at radius 2 is 1.84 bits per heavy atom. The molecular weight excluding hydrogens is 392 g/mol. The van der Waals surface area contributed by atoms with E-state index >= 15 is 0 Å². The van der Waals surface area contributed by atoms with Crippen LogP contribution in [0.25, 0.3) is 10.9 Å². The Morgan fingerprint density at radius 1 is 1.10 bits per heavy atom. The molecule has 0 spiro atoms. The number of amides is 1. The van der Waals surface area contributed by atoms with E-state index in [0.29, 0.717) is 5.56 Å². The van der Waals surface area contributed by atoms with Gasteiger partial charge in [-0.2, -0.15) is 0 Å². The predicted octanol–water partition coefficient (Wildman–Crippen LogP) is 3.23. The molecule has 0 unspecified atom stereocenters. The number of benzene rings is 1. The average molecular weight is 429 g/mol. The Bertz CT molecular complexity index is 882. The fraction of sp³-hybridized carbons (Fsp3) is 0.625. The van der Waals surface area contributed by atoms with Crippen molar-refractivity contribution in [3.05, 3.63) is 30.0 Å². The number of aryl methyl sites for hydroxylation is 1. The van der Waals surface area contributed by atoms with Gasteiger partial charge < -0.3 is 19.1 Å². The van der Waals surface area contributed by atoms with E-state index in [4.69, 9.17) is 9.57 Å². The molecular formula is C24H36N4O3. The maximum absolute atomic E-state index is 12.8. The first-order valence-electron chi connectivity index (χ1n) is 11.6. The van der Waals surface area contributed by atoms with Crippen LogP contribution in [0.3, 0.4) is 0 Å². The zero-order chi connectivity index (χ0) is 21.8. The minimum atomic E-state index is -0.150. The Balaban J connectivity index is 1.38. The summed E-state index contributed by atoms with van der Waals surface area (Å²) in [6.45, 7) is 6.99. The highest BCUT2D eigenvalue weighted by atomic mass is 16.7. The summed E-state index contributed by atoms with van der Waals surface area (Å²) in [6.07, 6.45) is 8.38. The van der Waals surface area contributed by atoms with Crippen LogP contribution in [0, 0.1) is 0 Å². The largest absolute Gasteiger partial charge is 0.497 e. The van der Waals surface area contributed by atoms with Gasteiger partial charge in [0.1, 0.15) is 5.75 Å². The second kappa shape index (κ2) is 10.0. The Labute approximate surface area is 185 Å². The van der Waals surface area contributed by atoms with Gasteiger partial charge in [0, 0.05) is 36.7 Å². The summed E-state index contributed by atoms with van der Waals surface area (Å²) in [6, 6.07) is 6.73. The van der Waals surface area contributed by atoms with E-state index in [1.807, 2.05) is 24.4 Å². The third kappa shape index (κ3) is 4.89. The Hall–Kier alpha value is -2.09. The van der Waals surface area contributed by atoms with Gasteiger partial charge in [-0.3, -0.25) is 9.63 Å². The molecule has 0 N–H and O–H groups in total. The molecule has 1 amide bonds. The van der Waals surface area contributed by atoms with Crippen LogP contribution in [0.15, 0.2) is 24.4 Å². The summed E-state index contributed by atoms with van der Waals surface area (Å²) in [5, 5.41) is 2.17. The molecule has 31 heavy (non-hydrogen) atoms. The molecule has 0 radical (unpaired) electrons. The van der Waals surface area contributed by atoms with E-state index in [2.05, 4.69) is 14.4 Å². The van der Waals surface area contributed by atoms with E-state index < -0.39 is 0 Å². The first-order valence-corrected chi connectivity index (χ1v) is 11.6. The predicted molar refractivity (Wildman–Crippen MR) is 122 cm³/mol. The van der Waals surface area contributed by atoms with Gasteiger partial charge in [0.05, 0.1) is 19.8 Å². The van der Waals surface area contributed by atoms with Crippen LogP contribution in [0.1, 0.15) is 42.5 Å². The Kier molecular flexibility index (Phi) is 7.15. The number of hydroxylamine groups is 2. The maximum Gasteiger partial charge on any atom is 0.279 e. The van der Waals surface area contributed by atoms with Crippen LogP contribution < -0.4 is 4.74 Å². The number of rotatable bonds is 8. The second-order valence-corrected chi connectivity index (χ2v) is 8.77. The molecule has 0 aliphatic carbocycles. The average Bonchev–Trinajstić information content (AvgIpc) is 3.47. The molecule has 1 aromatic carbocycles. The molecule has 7 heteroatoms. The number of methoxy groups -OCH3 is 1. The van der Waals surface area contributed by atoms with Gasteiger partial charge in [0.15, 0.2) is 0 Å². The SMILES string of the molecule is COc1ccc2c(c1)c(C(=O)N(C)OC)cn2CCCN1CCC(N2CCCC2)CC1. The summed E-state index contributed by atoms with van der Waals surface area (Å²) < 4.78 is 7.58. The molecule has 0 atom stereocenters. The summed E-state index contributed by atoms with van der Waals surface area (Å²) in [5.74, 6) is 0.601. The number of piperidine rings is 1. The van der Waals surface area contributed by atoms with Gasteiger partial charge >= 0.3 is 0 Å². The highest BCUT2D eigenvalue weighted by Crippen LogP contribution is 2.27. The van der Waals surface area contributed by atoms with Crippen LogP contribution >= 0.6 is 0 Å². The number of hydrogen-bond acceptors (Lipinski definition) is 5. The standard InChI is InChI=1S/C24H36N4O3/c1-25(31-3)24(29)22-18-28(23-8-7-20(30-2)17-21(22)23)14-6-11-26-15-9-19(10-16-26)27-12-4-5-13-27/h7-8,17-19H,4-6,9-16H2,1-3H3. The lowest BCUT2D eigenvalue weighted by molar-refractivity contribution is -0.0755. The van der Waals surface area contributed by atoms with E-state index in [1.165, 1.54) is 64.0 Å². The highest BCUT2D eigenvalue weighted by molar-refractivity contribution is 6.06. The molecule has 0 saturated carbocycles. The highest BCUT2D eigenvalue weighted by Gasteiger charge is 2.26. The number of carbonyl (C=O) groups is 1. The summed E-state index contributed by atoms with van der Waals surface area (Å²) in [4.78, 5) is 23.2. The van der Waals surface area contributed by atoms with Gasteiger partial charge in [0.25, 0.3) is 5.91 Å². The van der Waals surface area contributed by atoms with Crippen molar-refractivity contribution < 1.29 is 14.4 Å². The van der Waals surface area contributed by atoms with Crippen LogP contribution in [0.5, 0.6) is 5.75 Å². The molecule has 2 saturated heterocycles. The Morgan fingerprint density at radius 3 is 2.52 bits per heavy atom. The first-order chi connectivity index (χ1) is 15.1. The lowest BCUT2D eigenvalue weighted by Crippen LogP contribution is -2.44. The van der Waals surface area contributed by atoms with Gasteiger partial charge in [0.2, 0.25) is 0 Å². The zero-order valence-corrected chi connectivity index (χ0v) is 19.2. The van der Waals surface area contributed by atoms with Crippen molar-refractivity contribution in [1.29, 1.82) is 0 Å². The molecule has 7 nitrogen and oxygen atoms in total. The van der Waals surface area contributed by atoms with E-state index in [-0.39, 0.29) is 5.91 Å². The van der Waals surface area contributed by atoms with Crippen LogP contribution in [-0.2, 0) is 11.4 Å². The molecule has 4 rings (SSSR count). The fourth-order valence-corrected chi connectivity index (χ4v) is 5.09. The minimum absolute atomic E-state index is 0.150. The van der Waals surface area contributed by atoms with Crippen molar-refractivity contribution in [1.82, 2.24) is 19.4 Å². The molecule has 2 aliphatic rings. The number of ether oxygens (including phenoxy) is 1. The summed E-state index contributed by atoms with van der Waals surface area (Å²) in [5.41, 5.74) is 1.70. The van der Waals surface area contributed by atoms with Gasteiger partial charge in [-0.05, 0) is 83.0 Å². The topological polar surface area (TPSA) is 50.2 Å². The summed E-state index contributed by atoms with van der Waals surface area (Å²) in [7, 11) is 4.79. The molecule has 2 fully saturated rings. The van der Waals surface area contributed by atoms with E-state index in [0.717, 1.165) is 42.2 Å². The van der Waals surface area contributed by atoms with E-state index in [1.54, 1.807) is 14.2 Å². The number of hydrogen-bond donors (Lipinski definition) is 0. The van der Waals surface area contributed by atoms with Gasteiger partial charge in [-0.15, -0.1) is 0 Å². The molecule has 1 aromatic heterocycles. The van der Waals surface area contributed by atoms with Gasteiger partial charge in [-0.1, -0.05) is 0 Å². The van der Waals surface area contributed by atoms with Crippen molar-refractivity contribution >= 4 is 16.8 Å². The fourth-order valence-electron chi connectivity index (χ4n) is 5.09. The zero-order valence-electron chi connectivity index (χ0n) is 19.2. The molecule has 0 bridgehead atoms. The lowest BCUT2D eigenvalue weighted by atomic mass is 10.0.